The van der Waals surface area contributed by atoms with Gasteiger partial charge in [0.1, 0.15) is 0 Å². The molecule has 1 fully saturated rings. The predicted molar refractivity (Wildman–Crippen MR) is 119 cm³/mol. The molecule has 148 valence electrons. The number of anilines is 2. The molecule has 1 saturated heterocycles. The number of thiophene rings is 1. The summed E-state index contributed by atoms with van der Waals surface area (Å²) in [4.78, 5) is 29.0. The highest BCUT2D eigenvalue weighted by Gasteiger charge is 2.42. The average molecular weight is 425 g/mol. The first-order chi connectivity index (χ1) is 14.0. The number of hydrogen-bond acceptors (Lipinski definition) is 3. The lowest BCUT2D eigenvalue weighted by Crippen LogP contribution is -2.46. The Morgan fingerprint density at radius 3 is 2.62 bits per heavy atom. The standard InChI is InChI=1S/C23H21ClN2O2S/c1-15-7-9-18(10-8-15)26-21(27)12-11-19(22(26)20-6-3-13-29-20)23(28)25-17-5-2-4-16(24)14-17/h2-10,13-14,19,22H,11-12H2,1H3,(H,25,28)/t19-,22-/m0/s1. The van der Waals surface area contributed by atoms with Crippen molar-refractivity contribution in [3.8, 4) is 0 Å². The van der Waals surface area contributed by atoms with Gasteiger partial charge in [-0.25, -0.2) is 0 Å². The number of carbonyl (C=O) groups is 2. The molecule has 2 amide bonds. The summed E-state index contributed by atoms with van der Waals surface area (Å²) in [6, 6.07) is 18.6. The van der Waals surface area contributed by atoms with Crippen LogP contribution in [0, 0.1) is 12.8 Å². The van der Waals surface area contributed by atoms with E-state index in [0.717, 1.165) is 16.1 Å². The molecule has 1 aromatic heterocycles. The van der Waals surface area contributed by atoms with Crippen LogP contribution in [0.15, 0.2) is 66.0 Å². The molecule has 1 N–H and O–H groups in total. The second kappa shape index (κ2) is 8.39. The van der Waals surface area contributed by atoms with Crippen molar-refractivity contribution < 1.29 is 9.59 Å². The highest BCUT2D eigenvalue weighted by molar-refractivity contribution is 7.10. The third kappa shape index (κ3) is 4.21. The van der Waals surface area contributed by atoms with E-state index in [1.54, 1.807) is 34.4 Å². The number of piperidine rings is 1. The van der Waals surface area contributed by atoms with Crippen LogP contribution in [0.4, 0.5) is 11.4 Å². The summed E-state index contributed by atoms with van der Waals surface area (Å²) in [6.45, 7) is 2.01. The third-order valence-corrected chi connectivity index (χ3v) is 6.35. The Balaban J connectivity index is 1.69. The summed E-state index contributed by atoms with van der Waals surface area (Å²) in [7, 11) is 0. The number of nitrogens with zero attached hydrogens (tertiary/aromatic N) is 1. The quantitative estimate of drug-likeness (QED) is 0.572. The van der Waals surface area contributed by atoms with Gasteiger partial charge in [-0.3, -0.25) is 9.59 Å². The van der Waals surface area contributed by atoms with Crippen LogP contribution in [-0.2, 0) is 9.59 Å². The molecule has 0 saturated carbocycles. The van der Waals surface area contributed by atoms with Gasteiger partial charge in [0.15, 0.2) is 0 Å². The van der Waals surface area contributed by atoms with Crippen molar-refractivity contribution in [1.29, 1.82) is 0 Å². The van der Waals surface area contributed by atoms with Crippen LogP contribution < -0.4 is 10.2 Å². The molecule has 1 aliphatic heterocycles. The van der Waals surface area contributed by atoms with Crippen molar-refractivity contribution in [2.24, 2.45) is 5.92 Å². The molecule has 3 aromatic rings. The van der Waals surface area contributed by atoms with Gasteiger partial charge in [-0.05, 0) is 55.1 Å². The van der Waals surface area contributed by atoms with Crippen molar-refractivity contribution in [3.05, 3.63) is 81.5 Å². The van der Waals surface area contributed by atoms with Gasteiger partial charge in [0.05, 0.1) is 12.0 Å². The molecule has 29 heavy (non-hydrogen) atoms. The van der Waals surface area contributed by atoms with Gasteiger partial charge in [0.25, 0.3) is 0 Å². The Morgan fingerprint density at radius 2 is 1.93 bits per heavy atom. The number of carbonyl (C=O) groups excluding carboxylic acids is 2. The zero-order valence-electron chi connectivity index (χ0n) is 16.0. The van der Waals surface area contributed by atoms with E-state index in [-0.39, 0.29) is 23.8 Å². The Bertz CT molecular complexity index is 1020. The number of rotatable bonds is 4. The Kier molecular flexibility index (Phi) is 5.69. The van der Waals surface area contributed by atoms with E-state index in [2.05, 4.69) is 5.32 Å². The summed E-state index contributed by atoms with van der Waals surface area (Å²) in [5.41, 5.74) is 2.60. The number of nitrogens with one attached hydrogen (secondary N) is 1. The minimum absolute atomic E-state index is 0.0408. The zero-order valence-corrected chi connectivity index (χ0v) is 17.5. The number of hydrogen-bond donors (Lipinski definition) is 1. The molecule has 4 rings (SSSR count). The van der Waals surface area contributed by atoms with Crippen molar-refractivity contribution in [2.75, 3.05) is 10.2 Å². The topological polar surface area (TPSA) is 49.4 Å². The maximum atomic E-state index is 13.2. The molecule has 0 aliphatic carbocycles. The first kappa shape index (κ1) is 19.7. The predicted octanol–water partition coefficient (Wildman–Crippen LogP) is 5.83. The third-order valence-electron chi connectivity index (χ3n) is 5.17. The minimum atomic E-state index is -0.355. The Hall–Kier alpha value is -2.63. The number of aryl methyl sites for hydroxylation is 1. The van der Waals surface area contributed by atoms with Crippen molar-refractivity contribution in [1.82, 2.24) is 0 Å². The summed E-state index contributed by atoms with van der Waals surface area (Å²) in [6.07, 6.45) is 0.847. The van der Waals surface area contributed by atoms with E-state index in [9.17, 15) is 9.59 Å². The van der Waals surface area contributed by atoms with Crippen LogP contribution in [-0.4, -0.2) is 11.8 Å². The summed E-state index contributed by atoms with van der Waals surface area (Å²) in [5, 5.41) is 5.53. The van der Waals surface area contributed by atoms with Crippen LogP contribution in [0.1, 0.15) is 29.3 Å². The molecule has 2 heterocycles. The van der Waals surface area contributed by atoms with Gasteiger partial charge in [-0.1, -0.05) is 41.4 Å². The molecule has 0 bridgehead atoms. The van der Waals surface area contributed by atoms with Crippen LogP contribution in [0.25, 0.3) is 0 Å². The van der Waals surface area contributed by atoms with Crippen molar-refractivity contribution >= 4 is 46.1 Å². The van der Waals surface area contributed by atoms with Gasteiger partial charge in [-0.15, -0.1) is 11.3 Å². The molecule has 0 radical (unpaired) electrons. The lowest BCUT2D eigenvalue weighted by Gasteiger charge is -2.40. The fraction of sp³-hybridized carbons (Fsp3) is 0.217. The van der Waals surface area contributed by atoms with Gasteiger partial charge in [0, 0.05) is 27.7 Å². The molecule has 2 atom stereocenters. The van der Waals surface area contributed by atoms with E-state index < -0.39 is 0 Å². The maximum absolute atomic E-state index is 13.2. The lowest BCUT2D eigenvalue weighted by atomic mass is 9.86. The molecule has 0 spiro atoms. The molecular formula is C23H21ClN2O2S. The lowest BCUT2D eigenvalue weighted by molar-refractivity contribution is -0.125. The second-order valence-corrected chi connectivity index (χ2v) is 8.62. The summed E-state index contributed by atoms with van der Waals surface area (Å²) < 4.78 is 0. The fourth-order valence-corrected chi connectivity index (χ4v) is 4.83. The van der Waals surface area contributed by atoms with E-state index in [1.165, 1.54) is 0 Å². The van der Waals surface area contributed by atoms with Gasteiger partial charge < -0.3 is 10.2 Å². The summed E-state index contributed by atoms with van der Waals surface area (Å²) >= 11 is 7.62. The highest BCUT2D eigenvalue weighted by Crippen LogP contribution is 2.42. The zero-order chi connectivity index (χ0) is 20.4. The van der Waals surface area contributed by atoms with E-state index in [4.69, 9.17) is 11.6 Å². The average Bonchev–Trinajstić information content (AvgIpc) is 3.23. The highest BCUT2D eigenvalue weighted by atomic mass is 35.5. The fourth-order valence-electron chi connectivity index (χ4n) is 3.76. The van der Waals surface area contributed by atoms with Crippen molar-refractivity contribution in [3.63, 3.8) is 0 Å². The Morgan fingerprint density at radius 1 is 1.14 bits per heavy atom. The largest absolute Gasteiger partial charge is 0.326 e. The van der Waals surface area contributed by atoms with Crippen molar-refractivity contribution in [2.45, 2.75) is 25.8 Å². The van der Waals surface area contributed by atoms with E-state index >= 15 is 0 Å². The number of benzene rings is 2. The Labute approximate surface area is 179 Å². The van der Waals surface area contributed by atoms with Crippen LogP contribution >= 0.6 is 22.9 Å². The van der Waals surface area contributed by atoms with Crippen LogP contribution in [0.3, 0.4) is 0 Å². The van der Waals surface area contributed by atoms with E-state index in [1.807, 2.05) is 54.8 Å². The van der Waals surface area contributed by atoms with Crippen LogP contribution in [0.5, 0.6) is 0 Å². The smallest absolute Gasteiger partial charge is 0.229 e. The van der Waals surface area contributed by atoms with Crippen LogP contribution in [0.2, 0.25) is 5.02 Å². The first-order valence-corrected chi connectivity index (χ1v) is 10.8. The molecule has 1 aliphatic rings. The molecular weight excluding hydrogens is 404 g/mol. The monoisotopic (exact) mass is 424 g/mol. The summed E-state index contributed by atoms with van der Waals surface area (Å²) in [5.74, 6) is -0.416. The molecule has 4 nitrogen and oxygen atoms in total. The first-order valence-electron chi connectivity index (χ1n) is 9.51. The second-order valence-electron chi connectivity index (χ2n) is 7.20. The van der Waals surface area contributed by atoms with Gasteiger partial charge >= 0.3 is 0 Å². The van der Waals surface area contributed by atoms with Gasteiger partial charge in [0.2, 0.25) is 11.8 Å². The van der Waals surface area contributed by atoms with Gasteiger partial charge in [-0.2, -0.15) is 0 Å². The SMILES string of the molecule is Cc1ccc(N2C(=O)CC[C@H](C(=O)Nc3cccc(Cl)c3)[C@H]2c2cccs2)cc1. The minimum Gasteiger partial charge on any atom is -0.326 e. The maximum Gasteiger partial charge on any atom is 0.229 e. The number of halogens is 1. The number of amides is 2. The molecule has 6 heteroatoms. The molecule has 0 unspecified atom stereocenters. The molecule has 2 aromatic carbocycles. The van der Waals surface area contributed by atoms with E-state index in [0.29, 0.717) is 23.6 Å². The normalized spacial score (nSPS) is 19.2.